The molecule has 2 aromatic carbocycles. The molecule has 0 radical (unpaired) electrons. The van der Waals surface area contributed by atoms with Crippen LogP contribution in [0.5, 0.6) is 0 Å². The first-order valence-corrected chi connectivity index (χ1v) is 15.1. The van der Waals surface area contributed by atoms with Crippen LogP contribution in [-0.4, -0.2) is 74.7 Å². The molecule has 0 spiro atoms. The summed E-state index contributed by atoms with van der Waals surface area (Å²) in [5.74, 6) is 0. The number of anilines is 1. The van der Waals surface area contributed by atoms with E-state index in [0.717, 1.165) is 40.3 Å². The molecule has 10 nitrogen and oxygen atoms in total. The Morgan fingerprint density at radius 2 is 1.81 bits per heavy atom. The lowest BCUT2D eigenvalue weighted by atomic mass is 9.96. The highest BCUT2D eigenvalue weighted by Crippen LogP contribution is 2.43. The van der Waals surface area contributed by atoms with E-state index in [4.69, 9.17) is 6.57 Å². The number of carbonyl (C=O) groups excluding carboxylic acids is 2. The molecule has 2 aromatic rings. The van der Waals surface area contributed by atoms with Crippen LogP contribution >= 0.6 is 0 Å². The Bertz CT molecular complexity index is 1680. The lowest BCUT2D eigenvalue weighted by Gasteiger charge is -2.44. The lowest BCUT2D eigenvalue weighted by molar-refractivity contribution is -0.137. The average molecular weight is 615 g/mol. The first kappa shape index (κ1) is 31.5. The van der Waals surface area contributed by atoms with Gasteiger partial charge >= 0.3 is 18.2 Å². The van der Waals surface area contributed by atoms with Crippen molar-refractivity contribution in [2.45, 2.75) is 42.9 Å². The molecule has 1 saturated heterocycles. The van der Waals surface area contributed by atoms with Gasteiger partial charge in [-0.25, -0.2) is 27.8 Å². The number of amides is 4. The average Bonchev–Trinajstić information content (AvgIpc) is 2.95. The molecule has 0 aliphatic carbocycles. The van der Waals surface area contributed by atoms with Gasteiger partial charge in [-0.3, -0.25) is 4.90 Å². The third-order valence-electron chi connectivity index (χ3n) is 7.75. The molecule has 43 heavy (non-hydrogen) atoms. The quantitative estimate of drug-likeness (QED) is 0.435. The van der Waals surface area contributed by atoms with Crippen LogP contribution in [0.4, 0.5) is 28.4 Å². The first-order valence-electron chi connectivity index (χ1n) is 13.2. The van der Waals surface area contributed by atoms with Crippen molar-refractivity contribution in [3.8, 4) is 6.07 Å². The summed E-state index contributed by atoms with van der Waals surface area (Å²) in [6, 6.07) is 5.78. The van der Waals surface area contributed by atoms with Crippen molar-refractivity contribution in [1.82, 2.24) is 14.7 Å². The smallest absolute Gasteiger partial charge is 0.324 e. The van der Waals surface area contributed by atoms with Crippen LogP contribution in [0.25, 0.3) is 4.85 Å². The SMILES string of the molecule is [C-]#[N+]C1=C(C)N(c2cccc(C(F)(F)F)c2)C(=O)N(C(=O)N(C)C2CCN(C)CC2)[C@@H]1c1ccc(C#N)cc1S(C)(=O)=O. The lowest BCUT2D eigenvalue weighted by Crippen LogP contribution is -2.57. The molecule has 4 rings (SSSR count). The normalized spacial score (nSPS) is 18.8. The molecule has 226 valence electrons. The van der Waals surface area contributed by atoms with E-state index in [0.29, 0.717) is 25.9 Å². The number of hydrogen-bond acceptors (Lipinski definition) is 6. The number of benzene rings is 2. The van der Waals surface area contributed by atoms with Crippen molar-refractivity contribution in [2.75, 3.05) is 38.3 Å². The van der Waals surface area contributed by atoms with E-state index in [1.165, 1.54) is 37.1 Å². The molecule has 14 heteroatoms. The van der Waals surface area contributed by atoms with E-state index in [2.05, 4.69) is 9.74 Å². The monoisotopic (exact) mass is 614 g/mol. The highest BCUT2D eigenvalue weighted by Gasteiger charge is 2.47. The zero-order chi connectivity index (χ0) is 31.9. The van der Waals surface area contributed by atoms with Crippen molar-refractivity contribution in [2.24, 2.45) is 0 Å². The fourth-order valence-electron chi connectivity index (χ4n) is 5.40. The van der Waals surface area contributed by atoms with Crippen molar-refractivity contribution < 1.29 is 31.2 Å². The van der Waals surface area contributed by atoms with Crippen molar-refractivity contribution in [1.29, 1.82) is 5.26 Å². The minimum Gasteiger partial charge on any atom is -0.324 e. The van der Waals surface area contributed by atoms with Gasteiger partial charge in [0.25, 0.3) is 0 Å². The maximum atomic E-state index is 14.3. The summed E-state index contributed by atoms with van der Waals surface area (Å²) in [6.45, 7) is 10.7. The number of piperidine rings is 1. The Morgan fingerprint density at radius 3 is 2.37 bits per heavy atom. The van der Waals surface area contributed by atoms with Gasteiger partial charge in [-0.2, -0.15) is 18.4 Å². The van der Waals surface area contributed by atoms with Crippen LogP contribution < -0.4 is 4.90 Å². The molecule has 2 aliphatic rings. The van der Waals surface area contributed by atoms with E-state index in [9.17, 15) is 36.4 Å². The van der Waals surface area contributed by atoms with Crippen LogP contribution in [0.1, 0.15) is 42.5 Å². The third kappa shape index (κ3) is 6.07. The highest BCUT2D eigenvalue weighted by molar-refractivity contribution is 7.90. The minimum absolute atomic E-state index is 0.00304. The van der Waals surface area contributed by atoms with Crippen LogP contribution in [0.2, 0.25) is 0 Å². The van der Waals surface area contributed by atoms with Crippen LogP contribution in [0.3, 0.4) is 0 Å². The molecule has 1 atom stereocenters. The third-order valence-corrected chi connectivity index (χ3v) is 8.91. The fraction of sp³-hybridized carbons (Fsp3) is 0.379. The van der Waals surface area contributed by atoms with E-state index >= 15 is 0 Å². The number of rotatable bonds is 4. The number of nitriles is 1. The number of imide groups is 1. The summed E-state index contributed by atoms with van der Waals surface area (Å²) in [5.41, 5.74) is -1.65. The molecule has 1 fully saturated rings. The van der Waals surface area contributed by atoms with Gasteiger partial charge in [0.2, 0.25) is 5.70 Å². The number of alkyl halides is 3. The molecule has 2 aliphatic heterocycles. The zero-order valence-electron chi connectivity index (χ0n) is 23.9. The van der Waals surface area contributed by atoms with Gasteiger partial charge in [-0.15, -0.1) is 0 Å². The van der Waals surface area contributed by atoms with E-state index in [1.54, 1.807) is 0 Å². The van der Waals surface area contributed by atoms with Gasteiger partial charge in [0.15, 0.2) is 9.84 Å². The Labute approximate surface area is 247 Å². The number of sulfone groups is 1. The number of hydrogen-bond donors (Lipinski definition) is 0. The minimum atomic E-state index is -4.73. The Morgan fingerprint density at radius 1 is 1.16 bits per heavy atom. The van der Waals surface area contributed by atoms with E-state index in [1.807, 2.05) is 13.1 Å². The molecule has 4 amide bonds. The summed E-state index contributed by atoms with van der Waals surface area (Å²) in [5, 5.41) is 9.41. The molecule has 0 saturated carbocycles. The second-order valence-electron chi connectivity index (χ2n) is 10.6. The number of halogens is 3. The predicted molar refractivity (Wildman–Crippen MR) is 151 cm³/mol. The Hall–Kier alpha value is -4.40. The first-order chi connectivity index (χ1) is 20.1. The molecule has 0 aromatic heterocycles. The van der Waals surface area contributed by atoms with Gasteiger partial charge in [0, 0.05) is 30.7 Å². The summed E-state index contributed by atoms with van der Waals surface area (Å²) in [6.07, 6.45) is -2.66. The van der Waals surface area contributed by atoms with Crippen molar-refractivity contribution in [3.05, 3.63) is 82.0 Å². The Kier molecular flexibility index (Phi) is 8.58. The topological polar surface area (TPSA) is 109 Å². The molecular formula is C29H29F3N6O4S. The van der Waals surface area contributed by atoms with E-state index < -0.39 is 39.7 Å². The molecule has 0 bridgehead atoms. The van der Waals surface area contributed by atoms with Crippen molar-refractivity contribution >= 4 is 27.6 Å². The van der Waals surface area contributed by atoms with Gasteiger partial charge in [0.1, 0.15) is 6.04 Å². The zero-order valence-corrected chi connectivity index (χ0v) is 24.7. The standard InChI is InChI=1S/C29H29F3N6O4S/c1-18-25(34-2)26(23-10-9-19(17-33)15-24(23)43(5,41)42)38(27(39)36(4)21-11-13-35(3)14-12-21)28(40)37(18)22-8-6-7-20(16-22)29(30,31)32/h6-10,15-16,21,26H,11-14H2,1,3-5H3/t26-/m1/s1. The van der Waals surface area contributed by atoms with Gasteiger partial charge in [0.05, 0.1) is 28.7 Å². The van der Waals surface area contributed by atoms with Crippen LogP contribution in [0.15, 0.2) is 58.8 Å². The second-order valence-corrected chi connectivity index (χ2v) is 12.6. The van der Waals surface area contributed by atoms with Gasteiger partial charge in [-0.1, -0.05) is 12.1 Å². The molecular weight excluding hydrogens is 585 g/mol. The number of likely N-dealkylation sites (tertiary alicyclic amines) is 1. The number of urea groups is 2. The number of allylic oxidation sites excluding steroid dienone is 1. The van der Waals surface area contributed by atoms with Crippen molar-refractivity contribution in [3.63, 3.8) is 0 Å². The highest BCUT2D eigenvalue weighted by atomic mass is 32.2. The van der Waals surface area contributed by atoms with E-state index in [-0.39, 0.29) is 39.1 Å². The number of carbonyl (C=O) groups is 2. The Balaban J connectivity index is 1.97. The maximum Gasteiger partial charge on any atom is 0.416 e. The summed E-state index contributed by atoms with van der Waals surface area (Å²) in [4.78, 5) is 36.8. The van der Waals surface area contributed by atoms with Crippen LogP contribution in [-0.2, 0) is 16.0 Å². The molecule has 2 heterocycles. The largest absolute Gasteiger partial charge is 0.416 e. The summed E-state index contributed by atoms with van der Waals surface area (Å²) in [7, 11) is -0.620. The number of nitrogens with zero attached hydrogens (tertiary/aromatic N) is 6. The predicted octanol–water partition coefficient (Wildman–Crippen LogP) is 5.26. The molecule has 0 N–H and O–H groups in total. The van der Waals surface area contributed by atoms with Crippen LogP contribution in [0, 0.1) is 17.9 Å². The molecule has 0 unspecified atom stereocenters. The fourth-order valence-corrected chi connectivity index (χ4v) is 6.35. The van der Waals surface area contributed by atoms with Gasteiger partial charge < -0.3 is 9.80 Å². The summed E-state index contributed by atoms with van der Waals surface area (Å²) < 4.78 is 66.6. The second kappa shape index (κ2) is 11.7. The summed E-state index contributed by atoms with van der Waals surface area (Å²) >= 11 is 0. The maximum absolute atomic E-state index is 14.3. The van der Waals surface area contributed by atoms with Gasteiger partial charge in [-0.05, 0) is 75.8 Å².